The number of ether oxygens (including phenoxy) is 2. The Kier molecular flexibility index (Phi) is 7.03. The fourth-order valence-corrected chi connectivity index (χ4v) is 4.33. The number of benzene rings is 3. The zero-order chi connectivity index (χ0) is 23.2. The van der Waals surface area contributed by atoms with Crippen LogP contribution in [0.3, 0.4) is 0 Å². The molecule has 1 fully saturated rings. The standard InChI is InChI=1S/C27H26FNO4/c1-32-27(31)24-16-21(33-25-15-9-8-14-23(25)28)18-29(24)26(30)17-22(19-10-4-2-5-11-19)20-12-6-3-7-13-20/h2-15,21-22,24H,16-18H2,1H3. The highest BCUT2D eigenvalue weighted by atomic mass is 19.1. The van der Waals surface area contributed by atoms with E-state index in [-0.39, 0.29) is 37.0 Å². The van der Waals surface area contributed by atoms with E-state index in [0.29, 0.717) is 0 Å². The Morgan fingerprint density at radius 3 is 2.09 bits per heavy atom. The second-order valence-electron chi connectivity index (χ2n) is 8.07. The Morgan fingerprint density at radius 1 is 0.939 bits per heavy atom. The molecule has 0 aromatic heterocycles. The number of hydrogen-bond donors (Lipinski definition) is 0. The molecule has 4 rings (SSSR count). The molecule has 3 aromatic rings. The summed E-state index contributed by atoms with van der Waals surface area (Å²) < 4.78 is 24.8. The van der Waals surface area contributed by atoms with Crippen LogP contribution in [-0.2, 0) is 14.3 Å². The molecule has 2 atom stereocenters. The van der Waals surface area contributed by atoms with Crippen molar-refractivity contribution < 1.29 is 23.5 Å². The first-order valence-corrected chi connectivity index (χ1v) is 10.9. The molecule has 1 saturated heterocycles. The van der Waals surface area contributed by atoms with Crippen LogP contribution in [0.15, 0.2) is 84.9 Å². The van der Waals surface area contributed by atoms with Gasteiger partial charge in [-0.25, -0.2) is 9.18 Å². The van der Waals surface area contributed by atoms with E-state index in [4.69, 9.17) is 9.47 Å². The predicted octanol–water partition coefficient (Wildman–Crippen LogP) is 4.57. The molecule has 1 heterocycles. The van der Waals surface area contributed by atoms with E-state index >= 15 is 0 Å². The van der Waals surface area contributed by atoms with E-state index < -0.39 is 23.9 Å². The molecule has 170 valence electrons. The van der Waals surface area contributed by atoms with Gasteiger partial charge in [0.1, 0.15) is 12.1 Å². The second-order valence-corrected chi connectivity index (χ2v) is 8.07. The fraction of sp³-hybridized carbons (Fsp3) is 0.259. The number of esters is 1. The Morgan fingerprint density at radius 2 is 1.52 bits per heavy atom. The van der Waals surface area contributed by atoms with E-state index in [0.717, 1.165) is 11.1 Å². The average molecular weight is 448 g/mol. The van der Waals surface area contributed by atoms with Gasteiger partial charge in [0.05, 0.1) is 13.7 Å². The third-order valence-electron chi connectivity index (χ3n) is 5.97. The summed E-state index contributed by atoms with van der Waals surface area (Å²) in [7, 11) is 1.30. The lowest BCUT2D eigenvalue weighted by molar-refractivity contribution is -0.151. The van der Waals surface area contributed by atoms with Gasteiger partial charge in [-0.3, -0.25) is 4.79 Å². The normalized spacial score (nSPS) is 17.7. The third-order valence-corrected chi connectivity index (χ3v) is 5.97. The van der Waals surface area contributed by atoms with Gasteiger partial charge < -0.3 is 14.4 Å². The zero-order valence-electron chi connectivity index (χ0n) is 18.4. The summed E-state index contributed by atoms with van der Waals surface area (Å²) in [5, 5.41) is 0. The maximum Gasteiger partial charge on any atom is 0.328 e. The van der Waals surface area contributed by atoms with Crippen molar-refractivity contribution in [3.05, 3.63) is 102 Å². The second kappa shape index (κ2) is 10.3. The Bertz CT molecular complexity index is 1050. The summed E-state index contributed by atoms with van der Waals surface area (Å²) in [5.74, 6) is -1.22. The monoisotopic (exact) mass is 447 g/mol. The fourth-order valence-electron chi connectivity index (χ4n) is 4.33. The van der Waals surface area contributed by atoms with Crippen LogP contribution in [0.1, 0.15) is 29.9 Å². The topological polar surface area (TPSA) is 55.8 Å². The first-order valence-electron chi connectivity index (χ1n) is 10.9. The maximum atomic E-state index is 14.1. The predicted molar refractivity (Wildman–Crippen MR) is 122 cm³/mol. The van der Waals surface area contributed by atoms with Gasteiger partial charge >= 0.3 is 5.97 Å². The summed E-state index contributed by atoms with van der Waals surface area (Å²) in [5.41, 5.74) is 2.04. The molecule has 0 bridgehead atoms. The average Bonchev–Trinajstić information content (AvgIpc) is 3.28. The number of carbonyl (C=O) groups is 2. The first-order chi connectivity index (χ1) is 16.1. The number of para-hydroxylation sites is 1. The van der Waals surface area contributed by atoms with Crippen molar-refractivity contribution in [3.63, 3.8) is 0 Å². The summed E-state index contributed by atoms with van der Waals surface area (Å²) in [6.07, 6.45) is -0.0796. The number of hydrogen-bond acceptors (Lipinski definition) is 4. The summed E-state index contributed by atoms with van der Waals surface area (Å²) in [6, 6.07) is 25.0. The quantitative estimate of drug-likeness (QED) is 0.498. The van der Waals surface area contributed by atoms with Crippen molar-refractivity contribution in [2.75, 3.05) is 13.7 Å². The lowest BCUT2D eigenvalue weighted by Gasteiger charge is -2.25. The van der Waals surface area contributed by atoms with Crippen molar-refractivity contribution in [3.8, 4) is 5.75 Å². The molecule has 1 aliphatic rings. The molecule has 2 unspecified atom stereocenters. The Hall–Kier alpha value is -3.67. The van der Waals surface area contributed by atoms with Gasteiger partial charge in [-0.15, -0.1) is 0 Å². The third kappa shape index (κ3) is 5.22. The molecular weight excluding hydrogens is 421 g/mol. The number of rotatable bonds is 7. The minimum Gasteiger partial charge on any atom is -0.485 e. The molecule has 0 radical (unpaired) electrons. The molecule has 1 aliphatic heterocycles. The van der Waals surface area contributed by atoms with Crippen LogP contribution in [0, 0.1) is 5.82 Å². The van der Waals surface area contributed by atoms with Gasteiger partial charge in [-0.05, 0) is 23.3 Å². The van der Waals surface area contributed by atoms with E-state index in [9.17, 15) is 14.0 Å². The summed E-state index contributed by atoms with van der Waals surface area (Å²) >= 11 is 0. The van der Waals surface area contributed by atoms with Crippen LogP contribution in [0.4, 0.5) is 4.39 Å². The van der Waals surface area contributed by atoms with Gasteiger partial charge in [0.2, 0.25) is 5.91 Å². The van der Waals surface area contributed by atoms with Crippen molar-refractivity contribution in [2.45, 2.75) is 30.9 Å². The molecule has 0 saturated carbocycles. The molecule has 1 amide bonds. The smallest absolute Gasteiger partial charge is 0.328 e. The zero-order valence-corrected chi connectivity index (χ0v) is 18.4. The highest BCUT2D eigenvalue weighted by Gasteiger charge is 2.42. The van der Waals surface area contributed by atoms with E-state index in [1.54, 1.807) is 12.1 Å². The van der Waals surface area contributed by atoms with Crippen LogP contribution in [0.25, 0.3) is 0 Å². The summed E-state index contributed by atoms with van der Waals surface area (Å²) in [4.78, 5) is 27.5. The molecule has 5 nitrogen and oxygen atoms in total. The minimum atomic E-state index is -0.772. The number of methoxy groups -OCH3 is 1. The molecular formula is C27H26FNO4. The lowest BCUT2D eigenvalue weighted by Crippen LogP contribution is -2.41. The molecule has 33 heavy (non-hydrogen) atoms. The highest BCUT2D eigenvalue weighted by molar-refractivity contribution is 5.86. The van der Waals surface area contributed by atoms with Gasteiger partial charge in [0.15, 0.2) is 11.6 Å². The highest BCUT2D eigenvalue weighted by Crippen LogP contribution is 2.31. The summed E-state index contributed by atoms with van der Waals surface area (Å²) in [6.45, 7) is 0.184. The van der Waals surface area contributed by atoms with Crippen LogP contribution >= 0.6 is 0 Å². The number of halogens is 1. The van der Waals surface area contributed by atoms with Crippen LogP contribution < -0.4 is 4.74 Å². The van der Waals surface area contributed by atoms with E-state index in [2.05, 4.69) is 0 Å². The largest absolute Gasteiger partial charge is 0.485 e. The molecule has 3 aromatic carbocycles. The molecule has 0 aliphatic carbocycles. The maximum absolute atomic E-state index is 14.1. The van der Waals surface area contributed by atoms with E-state index in [1.807, 2.05) is 60.7 Å². The van der Waals surface area contributed by atoms with Crippen molar-refractivity contribution in [1.82, 2.24) is 4.90 Å². The van der Waals surface area contributed by atoms with Gasteiger partial charge in [-0.1, -0.05) is 72.8 Å². The van der Waals surface area contributed by atoms with E-state index in [1.165, 1.54) is 24.1 Å². The SMILES string of the molecule is COC(=O)C1CC(Oc2ccccc2F)CN1C(=O)CC(c1ccccc1)c1ccccc1. The van der Waals surface area contributed by atoms with Crippen molar-refractivity contribution in [1.29, 1.82) is 0 Å². The van der Waals surface area contributed by atoms with Gasteiger partial charge in [-0.2, -0.15) is 0 Å². The molecule has 6 heteroatoms. The van der Waals surface area contributed by atoms with Crippen LogP contribution in [0.5, 0.6) is 5.75 Å². The number of amides is 1. The van der Waals surface area contributed by atoms with Gasteiger partial charge in [0.25, 0.3) is 0 Å². The number of nitrogens with zero attached hydrogens (tertiary/aromatic N) is 1. The molecule has 0 spiro atoms. The Balaban J connectivity index is 1.56. The van der Waals surface area contributed by atoms with Crippen LogP contribution in [0.2, 0.25) is 0 Å². The first kappa shape index (κ1) is 22.5. The van der Waals surface area contributed by atoms with Crippen molar-refractivity contribution >= 4 is 11.9 Å². The van der Waals surface area contributed by atoms with Crippen LogP contribution in [-0.4, -0.2) is 42.6 Å². The lowest BCUT2D eigenvalue weighted by atomic mass is 9.88. The van der Waals surface area contributed by atoms with Gasteiger partial charge in [0, 0.05) is 18.8 Å². The number of likely N-dealkylation sites (tertiary alicyclic amines) is 1. The van der Waals surface area contributed by atoms with Crippen molar-refractivity contribution in [2.24, 2.45) is 0 Å². The minimum absolute atomic E-state index is 0.104. The Labute approximate surface area is 192 Å². The number of carbonyl (C=O) groups excluding carboxylic acids is 2. The molecule has 0 N–H and O–H groups in total.